The molecule has 3 heterocycles. The number of aliphatic carboxylic acids is 1. The summed E-state index contributed by atoms with van der Waals surface area (Å²) in [4.78, 5) is 33.0. The van der Waals surface area contributed by atoms with Crippen LogP contribution in [0.4, 0.5) is 13.2 Å². The largest absolute Gasteiger partial charge is 0.490 e. The van der Waals surface area contributed by atoms with Crippen molar-refractivity contribution in [1.82, 2.24) is 24.6 Å². The van der Waals surface area contributed by atoms with E-state index >= 15 is 0 Å². The molecule has 8 nitrogen and oxygen atoms in total. The van der Waals surface area contributed by atoms with Crippen LogP contribution in [-0.2, 0) is 11.2 Å². The van der Waals surface area contributed by atoms with Crippen LogP contribution >= 0.6 is 0 Å². The predicted molar refractivity (Wildman–Crippen MR) is 128 cm³/mol. The Kier molecular flexibility index (Phi) is 9.03. The number of imidazole rings is 1. The molecule has 1 aromatic carbocycles. The van der Waals surface area contributed by atoms with Crippen LogP contribution in [0.15, 0.2) is 48.9 Å². The number of likely N-dealkylation sites (tertiary alicyclic amines) is 1. The van der Waals surface area contributed by atoms with Gasteiger partial charge in [-0.05, 0) is 57.8 Å². The molecular formula is C25H30F3N5O3. The first kappa shape index (κ1) is 27.1. The molecule has 11 heteroatoms. The van der Waals surface area contributed by atoms with Crippen LogP contribution in [0.3, 0.4) is 0 Å². The smallest absolute Gasteiger partial charge is 0.475 e. The number of nitrogens with one attached hydrogen (secondary N) is 1. The van der Waals surface area contributed by atoms with Crippen molar-refractivity contribution < 1.29 is 27.9 Å². The van der Waals surface area contributed by atoms with Gasteiger partial charge in [0.25, 0.3) is 5.91 Å². The third-order valence-corrected chi connectivity index (χ3v) is 6.14. The minimum Gasteiger partial charge on any atom is -0.475 e. The zero-order chi connectivity index (χ0) is 26.3. The second-order valence-electron chi connectivity index (χ2n) is 8.85. The van der Waals surface area contributed by atoms with Gasteiger partial charge in [-0.15, -0.1) is 0 Å². The highest BCUT2D eigenvalue weighted by atomic mass is 19.4. The first-order valence-corrected chi connectivity index (χ1v) is 11.8. The van der Waals surface area contributed by atoms with Crippen molar-refractivity contribution in [1.29, 1.82) is 0 Å². The molecule has 1 saturated heterocycles. The number of aromatic nitrogens is 3. The summed E-state index contributed by atoms with van der Waals surface area (Å²) < 4.78 is 33.7. The van der Waals surface area contributed by atoms with Gasteiger partial charge in [-0.25, -0.2) is 14.8 Å². The molecule has 0 aliphatic carbocycles. The molecule has 1 fully saturated rings. The van der Waals surface area contributed by atoms with Crippen molar-refractivity contribution in [2.24, 2.45) is 0 Å². The van der Waals surface area contributed by atoms with Crippen molar-refractivity contribution in [2.45, 2.75) is 51.2 Å². The van der Waals surface area contributed by atoms with E-state index in [1.54, 1.807) is 6.33 Å². The van der Waals surface area contributed by atoms with Crippen molar-refractivity contribution >= 4 is 17.5 Å². The SMILES string of the molecule is CC(C)N1CCC(c2ccnc3c(C(=O)NCCc4ccccc4)ncn23)CC1.O=C(O)C(F)(F)F. The van der Waals surface area contributed by atoms with Gasteiger partial charge in [0.1, 0.15) is 6.33 Å². The van der Waals surface area contributed by atoms with Crippen LogP contribution < -0.4 is 5.32 Å². The highest BCUT2D eigenvalue weighted by Crippen LogP contribution is 2.29. The summed E-state index contributed by atoms with van der Waals surface area (Å²) in [6.07, 6.45) is 1.51. The van der Waals surface area contributed by atoms with E-state index in [1.807, 2.05) is 28.8 Å². The molecule has 0 bridgehead atoms. The standard InChI is InChI=1S/C23H29N5O.C2HF3O2/c1-17(2)27-14-10-19(11-15-27)20-9-13-24-22-21(26-16-28(20)22)23(29)25-12-8-18-6-4-3-5-7-18;3-2(4,5)1(6)7/h3-7,9,13,16-17,19H,8,10-12,14-15H2,1-2H3,(H,25,29);(H,6,7). The molecule has 1 aliphatic rings. The Balaban J connectivity index is 0.000000454. The molecule has 194 valence electrons. The molecule has 3 aromatic rings. The summed E-state index contributed by atoms with van der Waals surface area (Å²) in [6, 6.07) is 12.8. The summed E-state index contributed by atoms with van der Waals surface area (Å²) in [5.74, 6) is -2.45. The van der Waals surface area contributed by atoms with E-state index in [0.29, 0.717) is 29.8 Å². The van der Waals surface area contributed by atoms with Gasteiger partial charge >= 0.3 is 12.1 Å². The lowest BCUT2D eigenvalue weighted by Crippen LogP contribution is -2.38. The van der Waals surface area contributed by atoms with Crippen LogP contribution in [0.2, 0.25) is 0 Å². The molecule has 1 amide bonds. The van der Waals surface area contributed by atoms with Crippen LogP contribution in [0.5, 0.6) is 0 Å². The lowest BCUT2D eigenvalue weighted by Gasteiger charge is -2.34. The number of carbonyl (C=O) groups is 2. The molecule has 2 aromatic heterocycles. The van der Waals surface area contributed by atoms with Crippen molar-refractivity contribution in [3.8, 4) is 0 Å². The van der Waals surface area contributed by atoms with Crippen molar-refractivity contribution in [3.63, 3.8) is 0 Å². The number of fused-ring (bicyclic) bond motifs is 1. The third-order valence-electron chi connectivity index (χ3n) is 6.14. The quantitative estimate of drug-likeness (QED) is 0.527. The van der Waals surface area contributed by atoms with Gasteiger partial charge in [0.15, 0.2) is 11.3 Å². The molecule has 0 spiro atoms. The zero-order valence-corrected chi connectivity index (χ0v) is 20.2. The van der Waals surface area contributed by atoms with Crippen LogP contribution in [0, 0.1) is 0 Å². The fraction of sp³-hybridized carbons (Fsp3) is 0.440. The van der Waals surface area contributed by atoms with E-state index in [0.717, 1.165) is 32.4 Å². The average molecular weight is 506 g/mol. The number of hydrogen-bond donors (Lipinski definition) is 2. The van der Waals surface area contributed by atoms with Gasteiger partial charge in [-0.2, -0.15) is 13.2 Å². The molecular weight excluding hydrogens is 475 g/mol. The Labute approximate surface area is 207 Å². The van der Waals surface area contributed by atoms with Gasteiger partial charge in [-0.3, -0.25) is 9.20 Å². The number of carbonyl (C=O) groups excluding carboxylic acids is 1. The van der Waals surface area contributed by atoms with E-state index in [4.69, 9.17) is 9.90 Å². The van der Waals surface area contributed by atoms with E-state index in [1.165, 1.54) is 11.3 Å². The monoisotopic (exact) mass is 505 g/mol. The van der Waals surface area contributed by atoms with Gasteiger partial charge in [0, 0.05) is 30.4 Å². The topological polar surface area (TPSA) is 99.8 Å². The Hall–Kier alpha value is -3.47. The average Bonchev–Trinajstić information content (AvgIpc) is 3.29. The predicted octanol–water partition coefficient (Wildman–Crippen LogP) is 3.92. The maximum Gasteiger partial charge on any atom is 0.490 e. The number of nitrogens with zero attached hydrogens (tertiary/aromatic N) is 4. The number of piperidine rings is 1. The van der Waals surface area contributed by atoms with Gasteiger partial charge in [-0.1, -0.05) is 30.3 Å². The maximum atomic E-state index is 12.7. The number of hydrogen-bond acceptors (Lipinski definition) is 5. The fourth-order valence-corrected chi connectivity index (χ4v) is 4.17. The van der Waals surface area contributed by atoms with Crippen LogP contribution in [-0.4, -0.2) is 68.1 Å². The highest BCUT2D eigenvalue weighted by Gasteiger charge is 2.38. The molecule has 2 N–H and O–H groups in total. The van der Waals surface area contributed by atoms with Gasteiger partial charge in [0.2, 0.25) is 0 Å². The lowest BCUT2D eigenvalue weighted by atomic mass is 9.92. The first-order valence-electron chi connectivity index (χ1n) is 11.8. The van der Waals surface area contributed by atoms with Crippen LogP contribution in [0.25, 0.3) is 5.65 Å². The maximum absolute atomic E-state index is 12.7. The number of amides is 1. The Bertz CT molecular complexity index is 1160. The molecule has 0 saturated carbocycles. The van der Waals surface area contributed by atoms with E-state index in [2.05, 4.69) is 52.2 Å². The van der Waals surface area contributed by atoms with E-state index in [9.17, 15) is 18.0 Å². The number of carboxylic acids is 1. The van der Waals surface area contributed by atoms with E-state index in [-0.39, 0.29) is 5.91 Å². The summed E-state index contributed by atoms with van der Waals surface area (Å²) in [5.41, 5.74) is 3.45. The fourth-order valence-electron chi connectivity index (χ4n) is 4.17. The summed E-state index contributed by atoms with van der Waals surface area (Å²) in [6.45, 7) is 7.30. The number of halogens is 3. The Morgan fingerprint density at radius 1 is 1.11 bits per heavy atom. The number of carboxylic acid groups (broad SMARTS) is 1. The first-order chi connectivity index (χ1) is 17.1. The Morgan fingerprint density at radius 2 is 1.75 bits per heavy atom. The van der Waals surface area contributed by atoms with Gasteiger partial charge < -0.3 is 15.3 Å². The number of alkyl halides is 3. The molecule has 0 unspecified atom stereocenters. The molecule has 1 aliphatic heterocycles. The second-order valence-corrected chi connectivity index (χ2v) is 8.85. The molecule has 36 heavy (non-hydrogen) atoms. The lowest BCUT2D eigenvalue weighted by molar-refractivity contribution is -0.192. The second kappa shape index (κ2) is 12.0. The Morgan fingerprint density at radius 3 is 2.33 bits per heavy atom. The minimum absolute atomic E-state index is 0.164. The normalized spacial score (nSPS) is 14.9. The number of rotatable bonds is 6. The molecule has 4 rings (SSSR count). The molecule has 0 atom stereocenters. The van der Waals surface area contributed by atoms with Gasteiger partial charge in [0.05, 0.1) is 0 Å². The minimum atomic E-state index is -5.08. The van der Waals surface area contributed by atoms with Crippen molar-refractivity contribution in [3.05, 3.63) is 65.9 Å². The highest BCUT2D eigenvalue weighted by molar-refractivity contribution is 5.97. The third kappa shape index (κ3) is 7.03. The van der Waals surface area contributed by atoms with E-state index < -0.39 is 12.1 Å². The number of benzene rings is 1. The summed E-state index contributed by atoms with van der Waals surface area (Å²) in [7, 11) is 0. The molecule has 0 radical (unpaired) electrons. The summed E-state index contributed by atoms with van der Waals surface area (Å²) >= 11 is 0. The zero-order valence-electron chi connectivity index (χ0n) is 20.2. The van der Waals surface area contributed by atoms with Crippen molar-refractivity contribution in [2.75, 3.05) is 19.6 Å². The summed E-state index contributed by atoms with van der Waals surface area (Å²) in [5, 5.41) is 10.1. The van der Waals surface area contributed by atoms with Crippen LogP contribution in [0.1, 0.15) is 54.4 Å².